The normalized spacial score (nSPS) is 17.6. The van der Waals surface area contributed by atoms with Gasteiger partial charge in [0.15, 0.2) is 0 Å². The third-order valence-corrected chi connectivity index (χ3v) is 4.55. The fourth-order valence-corrected chi connectivity index (χ4v) is 3.35. The standard InChI is InChI=1S/C19H26N6/c1-24(2)14-18(8-15-6-4-3-5-7-15)21-10-16-11-22-19-17(9-20)12-23-25(19)13-16/h3-7,12,16,18,21-22H,8,10-11,13-14H2,1-2H3. The number of benzene rings is 1. The van der Waals surface area contributed by atoms with Crippen molar-refractivity contribution in [1.82, 2.24) is 20.0 Å². The van der Waals surface area contributed by atoms with Crippen LogP contribution in [0.4, 0.5) is 5.82 Å². The van der Waals surface area contributed by atoms with E-state index in [0.717, 1.165) is 38.4 Å². The number of rotatable bonds is 7. The summed E-state index contributed by atoms with van der Waals surface area (Å²) in [5.41, 5.74) is 1.98. The van der Waals surface area contributed by atoms with E-state index in [-0.39, 0.29) is 0 Å². The molecule has 0 bridgehead atoms. The quantitative estimate of drug-likeness (QED) is 0.802. The molecule has 6 heteroatoms. The van der Waals surface area contributed by atoms with Gasteiger partial charge in [0.2, 0.25) is 0 Å². The first-order chi connectivity index (χ1) is 12.2. The lowest BCUT2D eigenvalue weighted by molar-refractivity contribution is 0.309. The number of nitrogens with one attached hydrogen (secondary N) is 2. The summed E-state index contributed by atoms with van der Waals surface area (Å²) >= 11 is 0. The SMILES string of the molecule is CN(C)CC(Cc1ccccc1)NCC1CNc2c(C#N)cnn2C1. The first-order valence-corrected chi connectivity index (χ1v) is 8.77. The lowest BCUT2D eigenvalue weighted by atomic mass is 10.0. The highest BCUT2D eigenvalue weighted by atomic mass is 15.3. The lowest BCUT2D eigenvalue weighted by Gasteiger charge is -2.29. The average molecular weight is 338 g/mol. The molecule has 132 valence electrons. The minimum absolute atomic E-state index is 0.408. The average Bonchev–Trinajstić information content (AvgIpc) is 3.02. The van der Waals surface area contributed by atoms with E-state index in [2.05, 4.69) is 71.1 Å². The summed E-state index contributed by atoms with van der Waals surface area (Å²) in [4.78, 5) is 2.23. The molecular formula is C19H26N6. The molecule has 2 heterocycles. The zero-order valence-corrected chi connectivity index (χ0v) is 14.9. The highest BCUT2D eigenvalue weighted by Gasteiger charge is 2.22. The molecule has 6 nitrogen and oxygen atoms in total. The molecule has 1 aromatic heterocycles. The Labute approximate surface area is 149 Å². The van der Waals surface area contributed by atoms with Gasteiger partial charge in [-0.2, -0.15) is 10.4 Å². The predicted octanol–water partition coefficient (Wildman–Crippen LogP) is 1.56. The van der Waals surface area contributed by atoms with Crippen LogP contribution in [0.15, 0.2) is 36.5 Å². The van der Waals surface area contributed by atoms with Crippen LogP contribution < -0.4 is 10.6 Å². The molecule has 0 radical (unpaired) electrons. The van der Waals surface area contributed by atoms with Crippen molar-refractivity contribution in [3.05, 3.63) is 47.7 Å². The fourth-order valence-electron chi connectivity index (χ4n) is 3.35. The number of nitriles is 1. The summed E-state index contributed by atoms with van der Waals surface area (Å²) in [5, 5.41) is 20.5. The van der Waals surface area contributed by atoms with Crippen LogP contribution in [0.25, 0.3) is 0 Å². The maximum absolute atomic E-state index is 9.09. The number of hydrogen-bond acceptors (Lipinski definition) is 5. The maximum atomic E-state index is 9.09. The van der Waals surface area contributed by atoms with Crippen LogP contribution in [0.5, 0.6) is 0 Å². The molecule has 2 unspecified atom stereocenters. The van der Waals surface area contributed by atoms with Gasteiger partial charge in [-0.1, -0.05) is 30.3 Å². The van der Waals surface area contributed by atoms with Crippen molar-refractivity contribution in [2.24, 2.45) is 5.92 Å². The molecule has 0 aliphatic carbocycles. The van der Waals surface area contributed by atoms with E-state index in [1.807, 2.05) is 4.68 Å². The van der Waals surface area contributed by atoms with E-state index in [9.17, 15) is 0 Å². The Morgan fingerprint density at radius 2 is 2.20 bits per heavy atom. The summed E-state index contributed by atoms with van der Waals surface area (Å²) in [5.74, 6) is 1.31. The summed E-state index contributed by atoms with van der Waals surface area (Å²) < 4.78 is 1.91. The second-order valence-corrected chi connectivity index (χ2v) is 7.00. The topological polar surface area (TPSA) is 68.9 Å². The van der Waals surface area contributed by atoms with Gasteiger partial charge in [0, 0.05) is 38.1 Å². The van der Waals surface area contributed by atoms with Crippen molar-refractivity contribution in [1.29, 1.82) is 5.26 Å². The van der Waals surface area contributed by atoms with E-state index in [4.69, 9.17) is 5.26 Å². The second-order valence-electron chi connectivity index (χ2n) is 7.00. The van der Waals surface area contributed by atoms with E-state index >= 15 is 0 Å². The van der Waals surface area contributed by atoms with Crippen LogP contribution in [0, 0.1) is 17.2 Å². The van der Waals surface area contributed by atoms with E-state index in [0.29, 0.717) is 17.5 Å². The fraction of sp³-hybridized carbons (Fsp3) is 0.474. The van der Waals surface area contributed by atoms with Gasteiger partial charge in [0.1, 0.15) is 17.5 Å². The van der Waals surface area contributed by atoms with Gasteiger partial charge in [-0.05, 0) is 26.1 Å². The van der Waals surface area contributed by atoms with E-state index in [1.54, 1.807) is 6.20 Å². The Balaban J connectivity index is 1.57. The van der Waals surface area contributed by atoms with Crippen LogP contribution in [0.3, 0.4) is 0 Å². The Morgan fingerprint density at radius 3 is 2.92 bits per heavy atom. The predicted molar refractivity (Wildman–Crippen MR) is 99.4 cm³/mol. The molecule has 0 spiro atoms. The van der Waals surface area contributed by atoms with Crippen molar-refractivity contribution in [3.63, 3.8) is 0 Å². The molecule has 1 aromatic carbocycles. The third kappa shape index (κ3) is 4.59. The number of aromatic nitrogens is 2. The summed E-state index contributed by atoms with van der Waals surface area (Å²) in [6, 6.07) is 13.2. The van der Waals surface area contributed by atoms with E-state index < -0.39 is 0 Å². The van der Waals surface area contributed by atoms with Crippen molar-refractivity contribution < 1.29 is 0 Å². The Bertz CT molecular complexity index is 715. The largest absolute Gasteiger partial charge is 0.369 e. The van der Waals surface area contributed by atoms with Crippen molar-refractivity contribution in [2.75, 3.05) is 39.0 Å². The lowest BCUT2D eigenvalue weighted by Crippen LogP contribution is -2.44. The molecule has 0 amide bonds. The number of likely N-dealkylation sites (N-methyl/N-ethyl adjacent to an activating group) is 1. The minimum atomic E-state index is 0.408. The Kier molecular flexibility index (Phi) is 5.69. The van der Waals surface area contributed by atoms with Gasteiger partial charge in [0.05, 0.1) is 6.20 Å². The van der Waals surface area contributed by atoms with Crippen molar-refractivity contribution in [2.45, 2.75) is 19.0 Å². The van der Waals surface area contributed by atoms with Crippen LogP contribution in [-0.2, 0) is 13.0 Å². The first-order valence-electron chi connectivity index (χ1n) is 8.77. The van der Waals surface area contributed by atoms with Gasteiger partial charge < -0.3 is 15.5 Å². The Morgan fingerprint density at radius 1 is 1.40 bits per heavy atom. The highest BCUT2D eigenvalue weighted by Crippen LogP contribution is 2.20. The highest BCUT2D eigenvalue weighted by molar-refractivity contribution is 5.52. The molecule has 25 heavy (non-hydrogen) atoms. The summed E-state index contributed by atoms with van der Waals surface area (Å²) in [6.45, 7) is 3.64. The molecule has 0 saturated heterocycles. The Hall–Kier alpha value is -2.36. The smallest absolute Gasteiger partial charge is 0.142 e. The zero-order valence-electron chi connectivity index (χ0n) is 14.9. The first kappa shape index (κ1) is 17.5. The number of nitrogens with zero attached hydrogens (tertiary/aromatic N) is 4. The summed E-state index contributed by atoms with van der Waals surface area (Å²) in [7, 11) is 4.22. The van der Waals surface area contributed by atoms with Crippen LogP contribution >= 0.6 is 0 Å². The molecule has 1 aliphatic rings. The van der Waals surface area contributed by atoms with Gasteiger partial charge in [0.25, 0.3) is 0 Å². The zero-order chi connectivity index (χ0) is 17.6. The van der Waals surface area contributed by atoms with Crippen LogP contribution in [0.2, 0.25) is 0 Å². The maximum Gasteiger partial charge on any atom is 0.142 e. The minimum Gasteiger partial charge on any atom is -0.369 e. The second kappa shape index (κ2) is 8.15. The van der Waals surface area contributed by atoms with Crippen molar-refractivity contribution in [3.8, 4) is 6.07 Å². The van der Waals surface area contributed by atoms with Crippen LogP contribution in [-0.4, -0.2) is 54.5 Å². The molecule has 2 N–H and O–H groups in total. The molecule has 1 aliphatic heterocycles. The molecule has 0 saturated carbocycles. The monoisotopic (exact) mass is 338 g/mol. The van der Waals surface area contributed by atoms with Gasteiger partial charge in [-0.3, -0.25) is 0 Å². The van der Waals surface area contributed by atoms with Gasteiger partial charge >= 0.3 is 0 Å². The van der Waals surface area contributed by atoms with E-state index in [1.165, 1.54) is 5.56 Å². The van der Waals surface area contributed by atoms with Crippen molar-refractivity contribution >= 4 is 5.82 Å². The summed E-state index contributed by atoms with van der Waals surface area (Å²) in [6.07, 6.45) is 2.66. The number of hydrogen-bond donors (Lipinski definition) is 2. The molecular weight excluding hydrogens is 312 g/mol. The molecule has 0 fully saturated rings. The molecule has 2 aromatic rings. The molecule has 2 atom stereocenters. The van der Waals surface area contributed by atoms with Gasteiger partial charge in [-0.25, -0.2) is 4.68 Å². The third-order valence-electron chi connectivity index (χ3n) is 4.55. The number of anilines is 1. The van der Waals surface area contributed by atoms with Gasteiger partial charge in [-0.15, -0.1) is 0 Å². The number of fused-ring (bicyclic) bond motifs is 1. The molecule has 3 rings (SSSR count). The van der Waals surface area contributed by atoms with Crippen LogP contribution in [0.1, 0.15) is 11.1 Å².